The van der Waals surface area contributed by atoms with Crippen LogP contribution in [0.4, 0.5) is 8.78 Å². The molecule has 3 heteroatoms. The van der Waals surface area contributed by atoms with Crippen molar-refractivity contribution in [2.75, 3.05) is 6.61 Å². The first kappa shape index (κ1) is 17.6. The maximum Gasteiger partial charge on any atom is 0.157 e. The smallest absolute Gasteiger partial charge is 0.157 e. The van der Waals surface area contributed by atoms with Crippen molar-refractivity contribution in [1.82, 2.24) is 0 Å². The summed E-state index contributed by atoms with van der Waals surface area (Å²) in [5.41, 5.74) is 0. The molecule has 1 fully saturated rings. The lowest BCUT2D eigenvalue weighted by Gasteiger charge is -2.34. The van der Waals surface area contributed by atoms with E-state index in [0.717, 1.165) is 25.7 Å². The first-order valence-electron chi connectivity index (χ1n) is 8.10. The van der Waals surface area contributed by atoms with Crippen LogP contribution in [0.15, 0.2) is 12.7 Å². The number of halogens is 2. The molecule has 1 saturated carbocycles. The van der Waals surface area contributed by atoms with Gasteiger partial charge >= 0.3 is 0 Å². The highest BCUT2D eigenvalue weighted by Crippen LogP contribution is 2.35. The van der Waals surface area contributed by atoms with Gasteiger partial charge in [0, 0.05) is 0 Å². The van der Waals surface area contributed by atoms with Crippen LogP contribution >= 0.6 is 0 Å². The maximum absolute atomic E-state index is 14.1. The van der Waals surface area contributed by atoms with Crippen LogP contribution in [0.2, 0.25) is 0 Å². The third kappa shape index (κ3) is 5.51. The third-order valence-corrected chi connectivity index (χ3v) is 4.41. The van der Waals surface area contributed by atoms with Crippen LogP contribution in [-0.4, -0.2) is 25.1 Å². The zero-order chi connectivity index (χ0) is 15.0. The third-order valence-electron chi connectivity index (χ3n) is 4.41. The highest BCUT2D eigenvalue weighted by molar-refractivity contribution is 4.89. The van der Waals surface area contributed by atoms with E-state index in [1.807, 2.05) is 0 Å². The summed E-state index contributed by atoms with van der Waals surface area (Å²) in [6.45, 7) is 8.27. The Morgan fingerprint density at radius 1 is 1.25 bits per heavy atom. The quantitative estimate of drug-likeness (QED) is 0.526. The summed E-state index contributed by atoms with van der Waals surface area (Å²) >= 11 is 0. The van der Waals surface area contributed by atoms with E-state index in [1.54, 1.807) is 6.08 Å². The largest absolute Gasteiger partial charge is 0.371 e. The lowest BCUT2D eigenvalue weighted by Crippen LogP contribution is -2.42. The van der Waals surface area contributed by atoms with E-state index >= 15 is 0 Å². The van der Waals surface area contributed by atoms with Gasteiger partial charge in [-0.2, -0.15) is 0 Å². The van der Waals surface area contributed by atoms with Gasteiger partial charge in [0.1, 0.15) is 6.17 Å². The summed E-state index contributed by atoms with van der Waals surface area (Å²) in [4.78, 5) is 0. The van der Waals surface area contributed by atoms with Crippen LogP contribution in [0.25, 0.3) is 0 Å². The molecule has 0 heterocycles. The Hall–Kier alpha value is -0.440. The van der Waals surface area contributed by atoms with E-state index in [-0.39, 0.29) is 5.92 Å². The molecule has 5 atom stereocenters. The van der Waals surface area contributed by atoms with Gasteiger partial charge in [0.05, 0.1) is 12.7 Å². The number of ether oxygens (including phenoxy) is 1. The van der Waals surface area contributed by atoms with E-state index in [2.05, 4.69) is 20.4 Å². The molecule has 1 nitrogen and oxygen atoms in total. The van der Waals surface area contributed by atoms with Gasteiger partial charge in [-0.1, -0.05) is 45.6 Å². The van der Waals surface area contributed by atoms with Crippen LogP contribution in [0.5, 0.6) is 0 Å². The van der Waals surface area contributed by atoms with Crippen molar-refractivity contribution in [2.24, 2.45) is 11.8 Å². The van der Waals surface area contributed by atoms with E-state index in [4.69, 9.17) is 4.74 Å². The van der Waals surface area contributed by atoms with Crippen LogP contribution in [0.3, 0.4) is 0 Å². The van der Waals surface area contributed by atoms with Crippen molar-refractivity contribution in [3.63, 3.8) is 0 Å². The monoisotopic (exact) mass is 288 g/mol. The molecule has 1 aliphatic rings. The molecule has 0 aromatic rings. The Bertz CT molecular complexity index is 270. The maximum atomic E-state index is 14.1. The average molecular weight is 288 g/mol. The summed E-state index contributed by atoms with van der Waals surface area (Å²) in [6, 6.07) is 0. The van der Waals surface area contributed by atoms with E-state index in [1.165, 1.54) is 12.8 Å². The molecule has 0 radical (unpaired) electrons. The zero-order valence-corrected chi connectivity index (χ0v) is 13.0. The second-order valence-corrected chi connectivity index (χ2v) is 6.21. The Balaban J connectivity index is 2.29. The van der Waals surface area contributed by atoms with Crippen molar-refractivity contribution in [3.05, 3.63) is 12.7 Å². The molecular weight excluding hydrogens is 258 g/mol. The lowest BCUT2D eigenvalue weighted by molar-refractivity contribution is -0.0679. The minimum absolute atomic E-state index is 0.123. The lowest BCUT2D eigenvalue weighted by atomic mass is 9.81. The van der Waals surface area contributed by atoms with Crippen molar-refractivity contribution in [3.8, 4) is 0 Å². The highest BCUT2D eigenvalue weighted by atomic mass is 19.2. The van der Waals surface area contributed by atoms with Gasteiger partial charge in [-0.05, 0) is 31.1 Å². The van der Waals surface area contributed by atoms with Crippen molar-refractivity contribution >= 4 is 0 Å². The second kappa shape index (κ2) is 9.49. The predicted octanol–water partition coefficient (Wildman–Crippen LogP) is 5.25. The molecule has 0 aliphatic heterocycles. The second-order valence-electron chi connectivity index (χ2n) is 6.21. The van der Waals surface area contributed by atoms with E-state index in [0.29, 0.717) is 18.9 Å². The molecule has 0 bridgehead atoms. The van der Waals surface area contributed by atoms with Crippen molar-refractivity contribution in [1.29, 1.82) is 0 Å². The number of hydrogen-bond acceptors (Lipinski definition) is 1. The Morgan fingerprint density at radius 3 is 2.65 bits per heavy atom. The SMILES string of the molecule is C=CCOC1CCC(CCCC(C)CCC)C(F)C1F. The Labute approximate surface area is 122 Å². The zero-order valence-electron chi connectivity index (χ0n) is 13.0. The first-order chi connectivity index (χ1) is 9.60. The number of alkyl halides is 2. The van der Waals surface area contributed by atoms with Crippen LogP contribution < -0.4 is 0 Å². The van der Waals surface area contributed by atoms with Crippen LogP contribution in [-0.2, 0) is 4.74 Å². The Kier molecular flexibility index (Phi) is 8.35. The molecule has 0 spiro atoms. The predicted molar refractivity (Wildman–Crippen MR) is 80.4 cm³/mol. The molecule has 0 aromatic carbocycles. The summed E-state index contributed by atoms with van der Waals surface area (Å²) in [7, 11) is 0. The molecule has 1 rings (SSSR count). The van der Waals surface area contributed by atoms with Crippen LogP contribution in [0.1, 0.15) is 58.8 Å². The van der Waals surface area contributed by atoms with Crippen molar-refractivity contribution < 1.29 is 13.5 Å². The fraction of sp³-hybridized carbons (Fsp3) is 0.882. The van der Waals surface area contributed by atoms with Gasteiger partial charge < -0.3 is 4.74 Å². The van der Waals surface area contributed by atoms with Gasteiger partial charge in [0.15, 0.2) is 6.17 Å². The van der Waals surface area contributed by atoms with Gasteiger partial charge in [0.2, 0.25) is 0 Å². The van der Waals surface area contributed by atoms with Crippen LogP contribution in [0, 0.1) is 11.8 Å². The molecule has 0 N–H and O–H groups in total. The molecule has 0 amide bonds. The molecular formula is C17H30F2O. The summed E-state index contributed by atoms with van der Waals surface area (Å²) in [6.07, 6.45) is 4.92. The molecule has 118 valence electrons. The molecule has 0 aromatic heterocycles. The standard InChI is InChI=1S/C17H30F2O/c1-4-7-13(3)8-6-9-14-10-11-15(20-12-5-2)17(19)16(14)18/h5,13-17H,2,4,6-12H2,1,3H3. The minimum Gasteiger partial charge on any atom is -0.371 e. The molecule has 5 unspecified atom stereocenters. The first-order valence-corrected chi connectivity index (χ1v) is 8.10. The number of rotatable bonds is 9. The van der Waals surface area contributed by atoms with Gasteiger partial charge in [-0.15, -0.1) is 6.58 Å². The Morgan fingerprint density at radius 2 is 2.00 bits per heavy atom. The fourth-order valence-corrected chi connectivity index (χ4v) is 3.20. The summed E-state index contributed by atoms with van der Waals surface area (Å²) < 4.78 is 33.4. The highest BCUT2D eigenvalue weighted by Gasteiger charge is 2.40. The molecule has 20 heavy (non-hydrogen) atoms. The summed E-state index contributed by atoms with van der Waals surface area (Å²) in [5.74, 6) is 0.578. The van der Waals surface area contributed by atoms with E-state index < -0.39 is 18.4 Å². The average Bonchev–Trinajstić information content (AvgIpc) is 2.43. The molecule has 0 saturated heterocycles. The molecule has 1 aliphatic carbocycles. The fourth-order valence-electron chi connectivity index (χ4n) is 3.20. The van der Waals surface area contributed by atoms with Gasteiger partial charge in [-0.25, -0.2) is 8.78 Å². The normalized spacial score (nSPS) is 32.0. The summed E-state index contributed by atoms with van der Waals surface area (Å²) in [5, 5.41) is 0. The number of hydrogen-bond donors (Lipinski definition) is 0. The topological polar surface area (TPSA) is 9.23 Å². The minimum atomic E-state index is -1.47. The van der Waals surface area contributed by atoms with Gasteiger partial charge in [-0.3, -0.25) is 0 Å². The van der Waals surface area contributed by atoms with E-state index in [9.17, 15) is 8.78 Å². The van der Waals surface area contributed by atoms with Gasteiger partial charge in [0.25, 0.3) is 0 Å². The van der Waals surface area contributed by atoms with Crippen molar-refractivity contribution in [2.45, 2.75) is 77.2 Å².